The SMILES string of the molecule is COCC#CC(=O)Nc1ccc2nccc(Oc3ccc(C(=O)Nc4cc(C)ccn4)cn3)c2c1. The predicted molar refractivity (Wildman–Crippen MR) is 131 cm³/mol. The van der Waals surface area contributed by atoms with Crippen molar-refractivity contribution in [2.24, 2.45) is 0 Å². The zero-order valence-corrected chi connectivity index (χ0v) is 19.0. The Hall–Kier alpha value is -4.81. The van der Waals surface area contributed by atoms with E-state index < -0.39 is 5.91 Å². The fourth-order valence-corrected chi connectivity index (χ4v) is 3.12. The third kappa shape index (κ3) is 6.16. The summed E-state index contributed by atoms with van der Waals surface area (Å²) in [6.07, 6.45) is 4.67. The molecule has 0 unspecified atom stereocenters. The Morgan fingerprint density at radius 1 is 0.971 bits per heavy atom. The summed E-state index contributed by atoms with van der Waals surface area (Å²) in [4.78, 5) is 37.2. The maximum absolute atomic E-state index is 12.5. The van der Waals surface area contributed by atoms with Crippen LogP contribution in [-0.2, 0) is 9.53 Å². The van der Waals surface area contributed by atoms with Gasteiger partial charge in [0.05, 0.1) is 11.1 Å². The summed E-state index contributed by atoms with van der Waals surface area (Å²) in [5.74, 6) is 5.52. The lowest BCUT2D eigenvalue weighted by molar-refractivity contribution is -0.111. The van der Waals surface area contributed by atoms with Crippen molar-refractivity contribution in [3.05, 3.63) is 78.2 Å². The van der Waals surface area contributed by atoms with Crippen molar-refractivity contribution in [1.82, 2.24) is 15.0 Å². The Balaban J connectivity index is 1.49. The molecule has 2 N–H and O–H groups in total. The van der Waals surface area contributed by atoms with Crippen LogP contribution in [0.5, 0.6) is 11.6 Å². The number of aromatic nitrogens is 3. The largest absolute Gasteiger partial charge is 0.438 e. The van der Waals surface area contributed by atoms with Gasteiger partial charge < -0.3 is 20.1 Å². The topological polar surface area (TPSA) is 115 Å². The first-order valence-electron chi connectivity index (χ1n) is 10.6. The van der Waals surface area contributed by atoms with Gasteiger partial charge in [-0.1, -0.05) is 5.92 Å². The maximum atomic E-state index is 12.5. The highest BCUT2D eigenvalue weighted by atomic mass is 16.5. The number of hydrogen-bond acceptors (Lipinski definition) is 7. The van der Waals surface area contributed by atoms with Gasteiger partial charge in [0, 0.05) is 42.8 Å². The Morgan fingerprint density at radius 3 is 2.60 bits per heavy atom. The molecule has 4 rings (SSSR count). The van der Waals surface area contributed by atoms with E-state index in [0.717, 1.165) is 5.56 Å². The van der Waals surface area contributed by atoms with Gasteiger partial charge in [-0.3, -0.25) is 14.6 Å². The molecule has 0 saturated heterocycles. The van der Waals surface area contributed by atoms with Crippen LogP contribution >= 0.6 is 0 Å². The van der Waals surface area contributed by atoms with Crippen LogP contribution in [0, 0.1) is 18.8 Å². The Morgan fingerprint density at radius 2 is 1.83 bits per heavy atom. The molecule has 174 valence electrons. The molecule has 0 atom stereocenters. The molecule has 3 aromatic heterocycles. The zero-order valence-electron chi connectivity index (χ0n) is 19.0. The van der Waals surface area contributed by atoms with Crippen LogP contribution in [0.1, 0.15) is 15.9 Å². The van der Waals surface area contributed by atoms with E-state index in [1.807, 2.05) is 13.0 Å². The van der Waals surface area contributed by atoms with E-state index in [9.17, 15) is 9.59 Å². The fraction of sp³-hybridized carbons (Fsp3) is 0.115. The molecule has 4 aromatic rings. The summed E-state index contributed by atoms with van der Waals surface area (Å²) in [6.45, 7) is 2.09. The van der Waals surface area contributed by atoms with Crippen molar-refractivity contribution < 1.29 is 19.1 Å². The van der Waals surface area contributed by atoms with Gasteiger partial charge in [-0.25, -0.2) is 9.97 Å². The third-order valence-corrected chi connectivity index (χ3v) is 4.75. The quantitative estimate of drug-likeness (QED) is 0.412. The molecule has 3 heterocycles. The van der Waals surface area contributed by atoms with Gasteiger partial charge in [0.15, 0.2) is 0 Å². The number of pyridine rings is 3. The monoisotopic (exact) mass is 467 g/mol. The summed E-state index contributed by atoms with van der Waals surface area (Å²) in [6, 6.07) is 13.8. The second kappa shape index (κ2) is 10.9. The third-order valence-electron chi connectivity index (χ3n) is 4.75. The zero-order chi connectivity index (χ0) is 24.6. The number of fused-ring (bicyclic) bond motifs is 1. The average Bonchev–Trinajstić information content (AvgIpc) is 2.85. The molecule has 9 nitrogen and oxygen atoms in total. The number of nitrogens with zero attached hydrogens (tertiary/aromatic N) is 3. The highest BCUT2D eigenvalue weighted by molar-refractivity contribution is 6.05. The molecule has 35 heavy (non-hydrogen) atoms. The molecule has 0 fully saturated rings. The predicted octanol–water partition coefficient (Wildman–Crippen LogP) is 3.97. The van der Waals surface area contributed by atoms with Crippen molar-refractivity contribution in [2.45, 2.75) is 6.92 Å². The number of anilines is 2. The molecule has 0 aliphatic carbocycles. The van der Waals surface area contributed by atoms with Crippen molar-refractivity contribution in [3.8, 4) is 23.5 Å². The van der Waals surface area contributed by atoms with Crippen LogP contribution in [0.15, 0.2) is 67.1 Å². The summed E-state index contributed by atoms with van der Waals surface area (Å²) < 4.78 is 10.8. The lowest BCUT2D eigenvalue weighted by Crippen LogP contribution is -2.13. The standard InChI is InChI=1S/C26H21N5O4/c1-17-9-11-28-23(14-17)31-26(33)18-5-8-25(29-16-18)35-22-10-12-27-21-7-6-19(15-20(21)22)30-24(32)4-3-13-34-2/h5-12,14-16H,13H2,1-2H3,(H,30,32)(H,28,31,33). The number of hydrogen-bond donors (Lipinski definition) is 2. The minimum absolute atomic E-state index is 0.170. The fourth-order valence-electron chi connectivity index (χ4n) is 3.12. The summed E-state index contributed by atoms with van der Waals surface area (Å²) in [7, 11) is 1.50. The van der Waals surface area contributed by atoms with Gasteiger partial charge >= 0.3 is 0 Å². The van der Waals surface area contributed by atoms with Gasteiger partial charge in [-0.15, -0.1) is 0 Å². The molecule has 1 aromatic carbocycles. The first kappa shape index (κ1) is 23.4. The first-order chi connectivity index (χ1) is 17.0. The Labute approximate surface area is 201 Å². The minimum atomic E-state index is -0.454. The van der Waals surface area contributed by atoms with Crippen molar-refractivity contribution in [3.63, 3.8) is 0 Å². The van der Waals surface area contributed by atoms with E-state index in [-0.39, 0.29) is 12.5 Å². The van der Waals surface area contributed by atoms with Crippen LogP contribution < -0.4 is 15.4 Å². The van der Waals surface area contributed by atoms with Crippen LogP contribution in [0.25, 0.3) is 10.9 Å². The average molecular weight is 467 g/mol. The number of aryl methyl sites for hydroxylation is 1. The van der Waals surface area contributed by atoms with Gasteiger partial charge in [-0.05, 0) is 60.9 Å². The molecule has 0 bridgehead atoms. The molecule has 2 amide bonds. The van der Waals surface area contributed by atoms with Gasteiger partial charge in [0.25, 0.3) is 11.8 Å². The van der Waals surface area contributed by atoms with E-state index in [1.54, 1.807) is 54.9 Å². The molecule has 0 radical (unpaired) electrons. The lowest BCUT2D eigenvalue weighted by Gasteiger charge is -2.10. The van der Waals surface area contributed by atoms with Crippen molar-refractivity contribution >= 4 is 34.2 Å². The summed E-state index contributed by atoms with van der Waals surface area (Å²) in [5.41, 5.74) is 2.56. The van der Waals surface area contributed by atoms with Gasteiger partial charge in [0.1, 0.15) is 18.2 Å². The maximum Gasteiger partial charge on any atom is 0.300 e. The smallest absolute Gasteiger partial charge is 0.300 e. The molecular formula is C26H21N5O4. The number of methoxy groups -OCH3 is 1. The van der Waals surface area contributed by atoms with E-state index >= 15 is 0 Å². The normalized spacial score (nSPS) is 10.2. The molecule has 0 aliphatic rings. The molecule has 0 spiro atoms. The number of benzene rings is 1. The van der Waals surface area contributed by atoms with Crippen molar-refractivity contribution in [1.29, 1.82) is 0 Å². The number of amides is 2. The second-order valence-electron chi connectivity index (χ2n) is 7.39. The van der Waals surface area contributed by atoms with E-state index in [2.05, 4.69) is 37.4 Å². The molecule has 9 heteroatoms. The Bertz CT molecular complexity index is 1440. The number of ether oxygens (including phenoxy) is 2. The highest BCUT2D eigenvalue weighted by Crippen LogP contribution is 2.30. The molecular weight excluding hydrogens is 446 g/mol. The number of carbonyl (C=O) groups excluding carboxylic acids is 2. The number of rotatable bonds is 6. The van der Waals surface area contributed by atoms with Crippen LogP contribution in [-0.4, -0.2) is 40.5 Å². The van der Waals surface area contributed by atoms with Crippen LogP contribution in [0.4, 0.5) is 11.5 Å². The van der Waals surface area contributed by atoms with Crippen molar-refractivity contribution in [2.75, 3.05) is 24.4 Å². The molecule has 0 saturated carbocycles. The van der Waals surface area contributed by atoms with E-state index in [4.69, 9.17) is 9.47 Å². The van der Waals surface area contributed by atoms with E-state index in [0.29, 0.717) is 39.6 Å². The second-order valence-corrected chi connectivity index (χ2v) is 7.39. The lowest BCUT2D eigenvalue weighted by atomic mass is 10.2. The Kier molecular flexibility index (Phi) is 7.25. The highest BCUT2D eigenvalue weighted by Gasteiger charge is 2.11. The van der Waals surface area contributed by atoms with Gasteiger partial charge in [0.2, 0.25) is 5.88 Å². The number of carbonyl (C=O) groups is 2. The first-order valence-corrected chi connectivity index (χ1v) is 10.6. The molecule has 0 aliphatic heterocycles. The summed E-state index contributed by atoms with van der Waals surface area (Å²) >= 11 is 0. The van der Waals surface area contributed by atoms with E-state index in [1.165, 1.54) is 13.3 Å². The minimum Gasteiger partial charge on any atom is -0.438 e. The number of nitrogens with one attached hydrogen (secondary N) is 2. The summed E-state index contributed by atoms with van der Waals surface area (Å²) in [5, 5.41) is 6.12. The van der Waals surface area contributed by atoms with Gasteiger partial charge in [-0.2, -0.15) is 0 Å². The van der Waals surface area contributed by atoms with Crippen LogP contribution in [0.2, 0.25) is 0 Å². The van der Waals surface area contributed by atoms with Crippen LogP contribution in [0.3, 0.4) is 0 Å².